The fourth-order valence-corrected chi connectivity index (χ4v) is 5.13. The minimum atomic E-state index is -0.436. The van der Waals surface area contributed by atoms with Gasteiger partial charge in [0.05, 0.1) is 16.1 Å². The summed E-state index contributed by atoms with van der Waals surface area (Å²) in [5, 5.41) is 3.12. The Balaban J connectivity index is 1.55. The molecule has 0 atom stereocenters. The molecule has 1 amide bonds. The summed E-state index contributed by atoms with van der Waals surface area (Å²) in [5.74, 6) is -0.0303. The molecule has 2 aliphatic rings. The predicted molar refractivity (Wildman–Crippen MR) is 120 cm³/mol. The Kier molecular flexibility index (Phi) is 5.39. The molecular weight excluding hydrogens is 381 g/mol. The normalized spacial score (nSPS) is 20.2. The Bertz CT molecular complexity index is 895. The third kappa shape index (κ3) is 3.90. The standard InChI is InChI=1S/C23H30BNO3S/c1-15-17(24-27-22(2,3)23(4,5)28-24)11-9-12-18(15)25-21(26)20-14-16-10-7-6-8-13-19(16)29-20/h9,11-12,14H,6-8,10,13H2,1-5H3,(H,25,26). The highest BCUT2D eigenvalue weighted by atomic mass is 32.1. The fourth-order valence-electron chi connectivity index (χ4n) is 3.98. The van der Waals surface area contributed by atoms with Crippen LogP contribution in [0, 0.1) is 6.92 Å². The minimum Gasteiger partial charge on any atom is -0.399 e. The third-order valence-electron chi connectivity index (χ3n) is 6.60. The first kappa shape index (κ1) is 20.6. The van der Waals surface area contributed by atoms with Gasteiger partial charge in [-0.3, -0.25) is 4.79 Å². The van der Waals surface area contributed by atoms with Crippen LogP contribution in [0.2, 0.25) is 0 Å². The van der Waals surface area contributed by atoms with Crippen LogP contribution >= 0.6 is 11.3 Å². The number of carbonyl (C=O) groups is 1. The van der Waals surface area contributed by atoms with Crippen molar-refractivity contribution in [2.75, 3.05) is 5.32 Å². The Hall–Kier alpha value is -1.63. The van der Waals surface area contributed by atoms with E-state index in [1.807, 2.05) is 25.1 Å². The van der Waals surface area contributed by atoms with Gasteiger partial charge in [0.25, 0.3) is 5.91 Å². The van der Waals surface area contributed by atoms with Crippen LogP contribution in [0.5, 0.6) is 0 Å². The number of rotatable bonds is 3. The first-order chi connectivity index (χ1) is 13.7. The van der Waals surface area contributed by atoms with Crippen molar-refractivity contribution in [1.82, 2.24) is 0 Å². The summed E-state index contributed by atoms with van der Waals surface area (Å²) in [5.41, 5.74) is 3.34. The van der Waals surface area contributed by atoms with Crippen molar-refractivity contribution in [3.05, 3.63) is 45.1 Å². The van der Waals surface area contributed by atoms with Gasteiger partial charge in [-0.2, -0.15) is 0 Å². The van der Waals surface area contributed by atoms with Gasteiger partial charge in [0.15, 0.2) is 0 Å². The number of benzene rings is 1. The van der Waals surface area contributed by atoms with Crippen molar-refractivity contribution in [3.63, 3.8) is 0 Å². The first-order valence-electron chi connectivity index (χ1n) is 10.6. The molecular formula is C23H30BNO3S. The van der Waals surface area contributed by atoms with E-state index in [1.165, 1.54) is 29.7 Å². The van der Waals surface area contributed by atoms with E-state index in [0.717, 1.165) is 34.4 Å². The van der Waals surface area contributed by atoms with Crippen LogP contribution in [-0.2, 0) is 22.2 Å². The second kappa shape index (κ2) is 7.57. The highest BCUT2D eigenvalue weighted by Gasteiger charge is 2.52. The van der Waals surface area contributed by atoms with Crippen molar-refractivity contribution in [2.45, 2.75) is 77.9 Å². The zero-order valence-electron chi connectivity index (χ0n) is 18.1. The van der Waals surface area contributed by atoms with Gasteiger partial charge >= 0.3 is 7.12 Å². The highest BCUT2D eigenvalue weighted by molar-refractivity contribution is 7.14. The van der Waals surface area contributed by atoms with Crippen LogP contribution in [0.15, 0.2) is 24.3 Å². The first-order valence-corrected chi connectivity index (χ1v) is 11.4. The molecule has 0 radical (unpaired) electrons. The van der Waals surface area contributed by atoms with Gasteiger partial charge in [-0.1, -0.05) is 18.6 Å². The Labute approximate surface area is 178 Å². The van der Waals surface area contributed by atoms with Gasteiger partial charge in [0.1, 0.15) is 0 Å². The van der Waals surface area contributed by atoms with Crippen molar-refractivity contribution < 1.29 is 14.1 Å². The zero-order valence-corrected chi connectivity index (χ0v) is 18.9. The van der Waals surface area contributed by atoms with Crippen LogP contribution in [0.25, 0.3) is 0 Å². The summed E-state index contributed by atoms with van der Waals surface area (Å²) in [6.45, 7) is 10.2. The molecule has 1 fully saturated rings. The van der Waals surface area contributed by atoms with Crippen molar-refractivity contribution in [2.24, 2.45) is 0 Å². The van der Waals surface area contributed by atoms with Crippen molar-refractivity contribution in [1.29, 1.82) is 0 Å². The van der Waals surface area contributed by atoms with Gasteiger partial charge in [-0.15, -0.1) is 11.3 Å². The summed E-state index contributed by atoms with van der Waals surface area (Å²) in [7, 11) is -0.436. The van der Waals surface area contributed by atoms with Crippen molar-refractivity contribution >= 4 is 35.5 Å². The highest BCUT2D eigenvalue weighted by Crippen LogP contribution is 2.37. The average molecular weight is 411 g/mol. The number of fused-ring (bicyclic) bond motifs is 1. The summed E-state index contributed by atoms with van der Waals surface area (Å²) in [6.07, 6.45) is 5.93. The third-order valence-corrected chi connectivity index (χ3v) is 7.84. The van der Waals surface area contributed by atoms with Crippen LogP contribution in [0.4, 0.5) is 5.69 Å². The summed E-state index contributed by atoms with van der Waals surface area (Å²) in [4.78, 5) is 15.1. The molecule has 154 valence electrons. The van der Waals surface area contributed by atoms with E-state index in [2.05, 4.69) is 39.1 Å². The lowest BCUT2D eigenvalue weighted by molar-refractivity contribution is 0.00578. The monoisotopic (exact) mass is 411 g/mol. The predicted octanol–water partition coefficient (Wildman–Crippen LogP) is 4.88. The molecule has 1 aliphatic heterocycles. The molecule has 0 bridgehead atoms. The van der Waals surface area contributed by atoms with Crippen molar-refractivity contribution in [3.8, 4) is 0 Å². The molecule has 1 aromatic heterocycles. The second-order valence-electron chi connectivity index (χ2n) is 9.18. The lowest BCUT2D eigenvalue weighted by Gasteiger charge is -2.32. The molecule has 1 N–H and O–H groups in total. The fraction of sp³-hybridized carbons (Fsp3) is 0.522. The Morgan fingerprint density at radius 1 is 1.07 bits per heavy atom. The van der Waals surface area contributed by atoms with Crippen LogP contribution in [0.3, 0.4) is 0 Å². The zero-order chi connectivity index (χ0) is 20.8. The van der Waals surface area contributed by atoms with Gasteiger partial charge in [-0.05, 0) is 89.0 Å². The minimum absolute atomic E-state index is 0.0303. The van der Waals surface area contributed by atoms with Crippen LogP contribution in [0.1, 0.15) is 72.6 Å². The maximum Gasteiger partial charge on any atom is 0.495 e. The number of aryl methyl sites for hydroxylation is 2. The van der Waals surface area contributed by atoms with Gasteiger partial charge in [-0.25, -0.2) is 0 Å². The molecule has 1 aromatic carbocycles. The van der Waals surface area contributed by atoms with Gasteiger partial charge < -0.3 is 14.6 Å². The average Bonchev–Trinajstić information content (AvgIpc) is 3.05. The van der Waals surface area contributed by atoms with E-state index in [1.54, 1.807) is 11.3 Å². The molecule has 4 nitrogen and oxygen atoms in total. The largest absolute Gasteiger partial charge is 0.495 e. The number of hydrogen-bond acceptors (Lipinski definition) is 4. The van der Waals surface area contributed by atoms with E-state index in [4.69, 9.17) is 9.31 Å². The van der Waals surface area contributed by atoms with E-state index in [0.29, 0.717) is 0 Å². The van der Waals surface area contributed by atoms with E-state index in [-0.39, 0.29) is 5.91 Å². The summed E-state index contributed by atoms with van der Waals surface area (Å²) < 4.78 is 12.4. The van der Waals surface area contributed by atoms with E-state index < -0.39 is 18.3 Å². The number of thiophene rings is 1. The molecule has 0 spiro atoms. The SMILES string of the molecule is Cc1c(NC(=O)c2cc3c(s2)CCCCC3)cccc1B1OC(C)(C)C(C)(C)O1. The maximum atomic E-state index is 12.9. The van der Waals surface area contributed by atoms with Crippen LogP contribution in [-0.4, -0.2) is 24.2 Å². The Morgan fingerprint density at radius 3 is 2.48 bits per heavy atom. The number of nitrogens with one attached hydrogen (secondary N) is 1. The van der Waals surface area contributed by atoms with E-state index in [9.17, 15) is 4.79 Å². The smallest absolute Gasteiger partial charge is 0.399 e. The molecule has 4 rings (SSSR count). The summed E-state index contributed by atoms with van der Waals surface area (Å²) >= 11 is 1.65. The quantitative estimate of drug-likeness (QED) is 0.579. The lowest BCUT2D eigenvalue weighted by atomic mass is 9.76. The number of anilines is 1. The van der Waals surface area contributed by atoms with Gasteiger partial charge in [0.2, 0.25) is 0 Å². The molecule has 6 heteroatoms. The van der Waals surface area contributed by atoms with Gasteiger partial charge in [0, 0.05) is 10.6 Å². The molecule has 29 heavy (non-hydrogen) atoms. The van der Waals surface area contributed by atoms with Crippen LogP contribution < -0.4 is 10.8 Å². The van der Waals surface area contributed by atoms with E-state index >= 15 is 0 Å². The maximum absolute atomic E-state index is 12.9. The molecule has 0 unspecified atom stereocenters. The topological polar surface area (TPSA) is 47.6 Å². The molecule has 1 saturated heterocycles. The molecule has 2 aromatic rings. The number of hydrogen-bond donors (Lipinski definition) is 1. The molecule has 0 saturated carbocycles. The number of carbonyl (C=O) groups excluding carboxylic acids is 1. The lowest BCUT2D eigenvalue weighted by Crippen LogP contribution is -2.41. The number of amides is 1. The molecule has 1 aliphatic carbocycles. The summed E-state index contributed by atoms with van der Waals surface area (Å²) in [6, 6.07) is 8.00. The second-order valence-corrected chi connectivity index (χ2v) is 10.3. The molecule has 2 heterocycles. The Morgan fingerprint density at radius 2 is 1.76 bits per heavy atom.